The number of hydrogen-bond acceptors (Lipinski definition) is 8. The number of rotatable bonds is 7. The molecule has 0 saturated heterocycles. The number of carbonyl (C=O) groups excluding carboxylic acids is 3. The summed E-state index contributed by atoms with van der Waals surface area (Å²) < 4.78 is 15.5. The summed E-state index contributed by atoms with van der Waals surface area (Å²) in [5, 5.41) is 5.63. The van der Waals surface area contributed by atoms with Crippen LogP contribution in [0.4, 0.5) is 5.00 Å². The highest BCUT2D eigenvalue weighted by atomic mass is 32.1. The van der Waals surface area contributed by atoms with Gasteiger partial charge in [-0.2, -0.15) is 0 Å². The van der Waals surface area contributed by atoms with Gasteiger partial charge in [0.15, 0.2) is 5.11 Å². The Labute approximate surface area is 189 Å². The zero-order valence-corrected chi connectivity index (χ0v) is 19.5. The molecule has 0 aliphatic carbocycles. The van der Waals surface area contributed by atoms with E-state index < -0.39 is 17.8 Å². The number of esters is 2. The zero-order chi connectivity index (χ0) is 23.1. The van der Waals surface area contributed by atoms with Crippen molar-refractivity contribution in [3.05, 3.63) is 45.3 Å². The number of anilines is 1. The first-order chi connectivity index (χ1) is 14.7. The van der Waals surface area contributed by atoms with E-state index in [2.05, 4.69) is 10.6 Å². The molecule has 10 heteroatoms. The highest BCUT2D eigenvalue weighted by molar-refractivity contribution is 7.80. The first-order valence-corrected chi connectivity index (χ1v) is 10.7. The van der Waals surface area contributed by atoms with Gasteiger partial charge in [0, 0.05) is 0 Å². The quantitative estimate of drug-likeness (QED) is 0.470. The topological polar surface area (TPSA) is 103 Å². The molecule has 0 aliphatic heterocycles. The lowest BCUT2D eigenvalue weighted by Gasteiger charge is -2.13. The highest BCUT2D eigenvalue weighted by Gasteiger charge is 2.27. The van der Waals surface area contributed by atoms with E-state index >= 15 is 0 Å². The molecule has 166 valence electrons. The summed E-state index contributed by atoms with van der Waals surface area (Å²) >= 11 is 6.26. The van der Waals surface area contributed by atoms with Crippen LogP contribution in [0.2, 0.25) is 0 Å². The number of thiophene rings is 1. The number of carbonyl (C=O) groups is 3. The standard InChI is InChI=1S/C21H24N2O6S2/c1-6-28-19(25)14-12(4)16(20(26)29-7-2)31-18(14)23-21(30)22-17(24)13-10-8-9-11(3)15(13)27-5/h8-10H,6-7H2,1-5H3,(H2,22,23,24,30). The number of benzene rings is 1. The second kappa shape index (κ2) is 10.9. The van der Waals surface area contributed by atoms with Crippen molar-refractivity contribution in [1.29, 1.82) is 0 Å². The summed E-state index contributed by atoms with van der Waals surface area (Å²) in [6.45, 7) is 7.18. The van der Waals surface area contributed by atoms with Gasteiger partial charge in [-0.25, -0.2) is 9.59 Å². The molecule has 2 aromatic rings. The van der Waals surface area contributed by atoms with E-state index in [0.29, 0.717) is 16.9 Å². The van der Waals surface area contributed by atoms with E-state index in [1.54, 1.807) is 32.9 Å². The van der Waals surface area contributed by atoms with Crippen molar-refractivity contribution < 1.29 is 28.6 Å². The number of amides is 1. The fourth-order valence-electron chi connectivity index (χ4n) is 2.85. The minimum absolute atomic E-state index is 0.0456. The van der Waals surface area contributed by atoms with Gasteiger partial charge in [0.25, 0.3) is 5.91 Å². The maximum absolute atomic E-state index is 12.7. The number of hydrogen-bond donors (Lipinski definition) is 2. The fourth-order valence-corrected chi connectivity index (χ4v) is 4.20. The maximum Gasteiger partial charge on any atom is 0.348 e. The van der Waals surface area contributed by atoms with Crippen LogP contribution in [0, 0.1) is 13.8 Å². The average molecular weight is 465 g/mol. The molecule has 31 heavy (non-hydrogen) atoms. The third-order valence-electron chi connectivity index (χ3n) is 4.20. The largest absolute Gasteiger partial charge is 0.496 e. The minimum atomic E-state index is -0.608. The Morgan fingerprint density at radius 1 is 1.06 bits per heavy atom. The smallest absolute Gasteiger partial charge is 0.348 e. The van der Waals surface area contributed by atoms with Gasteiger partial charge in [0.05, 0.1) is 31.5 Å². The Hall–Kier alpha value is -2.98. The molecule has 0 fully saturated rings. The molecule has 1 aromatic carbocycles. The molecule has 0 radical (unpaired) electrons. The number of methoxy groups -OCH3 is 1. The van der Waals surface area contributed by atoms with Gasteiger partial charge < -0.3 is 19.5 Å². The monoisotopic (exact) mass is 464 g/mol. The predicted octanol–water partition coefficient (Wildman–Crippen LogP) is 3.85. The summed E-state index contributed by atoms with van der Waals surface area (Å²) in [6, 6.07) is 5.17. The van der Waals surface area contributed by atoms with E-state index in [4.69, 9.17) is 26.4 Å². The number of thiocarbonyl (C=S) groups is 1. The lowest BCUT2D eigenvalue weighted by atomic mass is 10.1. The molecule has 8 nitrogen and oxygen atoms in total. The molecule has 1 aromatic heterocycles. The molecule has 0 bridgehead atoms. The first kappa shape index (κ1) is 24.3. The number of aryl methyl sites for hydroxylation is 1. The van der Waals surface area contributed by atoms with E-state index in [1.165, 1.54) is 7.11 Å². The van der Waals surface area contributed by atoms with Gasteiger partial charge in [0.2, 0.25) is 0 Å². The molecule has 1 heterocycles. The van der Waals surface area contributed by atoms with E-state index in [1.807, 2.05) is 13.0 Å². The Morgan fingerprint density at radius 2 is 1.71 bits per heavy atom. The third kappa shape index (κ3) is 5.59. The highest BCUT2D eigenvalue weighted by Crippen LogP contribution is 2.34. The van der Waals surface area contributed by atoms with Crippen molar-refractivity contribution in [3.63, 3.8) is 0 Å². The van der Waals surface area contributed by atoms with E-state index in [0.717, 1.165) is 16.9 Å². The summed E-state index contributed by atoms with van der Waals surface area (Å²) in [5.74, 6) is -1.20. The maximum atomic E-state index is 12.7. The summed E-state index contributed by atoms with van der Waals surface area (Å²) in [7, 11) is 1.48. The molecule has 1 amide bonds. The molecular formula is C21H24N2O6S2. The van der Waals surface area contributed by atoms with Crippen molar-refractivity contribution in [2.75, 3.05) is 25.6 Å². The lowest BCUT2D eigenvalue weighted by Crippen LogP contribution is -2.34. The Kier molecular flexibility index (Phi) is 8.52. The van der Waals surface area contributed by atoms with Gasteiger partial charge >= 0.3 is 11.9 Å². The molecule has 0 spiro atoms. The van der Waals surface area contributed by atoms with Crippen molar-refractivity contribution in [1.82, 2.24) is 5.32 Å². The fraction of sp³-hybridized carbons (Fsp3) is 0.333. The summed E-state index contributed by atoms with van der Waals surface area (Å²) in [4.78, 5) is 37.7. The average Bonchev–Trinajstić information content (AvgIpc) is 3.03. The molecule has 2 N–H and O–H groups in total. The SMILES string of the molecule is CCOC(=O)c1sc(NC(=S)NC(=O)c2cccc(C)c2OC)c(C(=O)OCC)c1C. The van der Waals surface area contributed by atoms with E-state index in [9.17, 15) is 14.4 Å². The van der Waals surface area contributed by atoms with Crippen LogP contribution in [-0.4, -0.2) is 43.3 Å². The number of para-hydroxylation sites is 1. The van der Waals surface area contributed by atoms with Crippen LogP contribution in [0.1, 0.15) is 55.4 Å². The first-order valence-electron chi connectivity index (χ1n) is 9.48. The normalized spacial score (nSPS) is 10.2. The van der Waals surface area contributed by atoms with Gasteiger partial charge in [-0.1, -0.05) is 12.1 Å². The van der Waals surface area contributed by atoms with Gasteiger partial charge in [-0.3, -0.25) is 10.1 Å². The minimum Gasteiger partial charge on any atom is -0.496 e. The third-order valence-corrected chi connectivity index (χ3v) is 5.59. The Bertz CT molecular complexity index is 1020. The summed E-state index contributed by atoms with van der Waals surface area (Å²) in [6.07, 6.45) is 0. The van der Waals surface area contributed by atoms with Crippen molar-refractivity contribution >= 4 is 51.5 Å². The molecule has 0 unspecified atom stereocenters. The predicted molar refractivity (Wildman–Crippen MR) is 122 cm³/mol. The second-order valence-electron chi connectivity index (χ2n) is 6.27. The molecular weight excluding hydrogens is 440 g/mol. The van der Waals surface area contributed by atoms with Crippen LogP contribution >= 0.6 is 23.6 Å². The van der Waals surface area contributed by atoms with Gasteiger partial charge in [-0.05, 0) is 57.1 Å². The van der Waals surface area contributed by atoms with Crippen LogP contribution in [0.5, 0.6) is 5.75 Å². The molecule has 0 saturated carbocycles. The molecule has 0 atom stereocenters. The zero-order valence-electron chi connectivity index (χ0n) is 17.9. The number of nitrogens with one attached hydrogen (secondary N) is 2. The van der Waals surface area contributed by atoms with Crippen molar-refractivity contribution in [2.24, 2.45) is 0 Å². The van der Waals surface area contributed by atoms with Crippen LogP contribution < -0.4 is 15.4 Å². The molecule has 2 rings (SSSR count). The number of ether oxygens (including phenoxy) is 3. The van der Waals surface area contributed by atoms with Crippen LogP contribution in [0.15, 0.2) is 18.2 Å². The van der Waals surface area contributed by atoms with Crippen LogP contribution in [0.25, 0.3) is 0 Å². The second-order valence-corrected chi connectivity index (χ2v) is 7.69. The van der Waals surface area contributed by atoms with Crippen molar-refractivity contribution in [2.45, 2.75) is 27.7 Å². The summed E-state index contributed by atoms with van der Waals surface area (Å²) in [5.41, 5.74) is 1.69. The van der Waals surface area contributed by atoms with Crippen molar-refractivity contribution in [3.8, 4) is 5.75 Å². The molecule has 0 aliphatic rings. The Morgan fingerprint density at radius 3 is 2.32 bits per heavy atom. The van der Waals surface area contributed by atoms with E-state index in [-0.39, 0.29) is 33.8 Å². The Balaban J connectivity index is 2.30. The lowest BCUT2D eigenvalue weighted by molar-refractivity contribution is 0.0527. The van der Waals surface area contributed by atoms with Crippen LogP contribution in [0.3, 0.4) is 0 Å². The van der Waals surface area contributed by atoms with Gasteiger partial charge in [-0.15, -0.1) is 11.3 Å². The van der Waals surface area contributed by atoms with Gasteiger partial charge in [0.1, 0.15) is 15.6 Å². The van der Waals surface area contributed by atoms with Crippen LogP contribution in [-0.2, 0) is 9.47 Å².